The van der Waals surface area contributed by atoms with Crippen LogP contribution in [0.15, 0.2) is 12.2 Å². The van der Waals surface area contributed by atoms with Gasteiger partial charge in [-0.15, -0.1) is 0 Å². The Morgan fingerprint density at radius 2 is 2.40 bits per heavy atom. The summed E-state index contributed by atoms with van der Waals surface area (Å²) in [5.74, 6) is 0.0457. The minimum Gasteiger partial charge on any atom is -0.338 e. The zero-order chi connectivity index (χ0) is 7.40. The quantitative estimate of drug-likeness (QED) is 0.510. The van der Waals surface area contributed by atoms with Crippen LogP contribution >= 0.6 is 0 Å². The maximum atomic E-state index is 10.9. The normalized spacial score (nSPS) is 17.5. The second-order valence-corrected chi connectivity index (χ2v) is 2.30. The number of amides is 1. The molecule has 1 amide bonds. The van der Waals surface area contributed by atoms with Crippen LogP contribution in [-0.2, 0) is 4.79 Å². The molecule has 0 saturated carbocycles. The van der Waals surface area contributed by atoms with Crippen molar-refractivity contribution < 1.29 is 4.79 Å². The second kappa shape index (κ2) is 3.37. The summed E-state index contributed by atoms with van der Waals surface area (Å²) in [5.41, 5.74) is 5.19. The molecule has 10 heavy (non-hydrogen) atoms. The van der Waals surface area contributed by atoms with E-state index in [1.165, 1.54) is 0 Å². The molecule has 0 aromatic heterocycles. The van der Waals surface area contributed by atoms with E-state index in [2.05, 4.69) is 6.08 Å². The van der Waals surface area contributed by atoms with Gasteiger partial charge >= 0.3 is 0 Å². The van der Waals surface area contributed by atoms with Gasteiger partial charge in [-0.2, -0.15) is 0 Å². The number of rotatable bonds is 1. The van der Waals surface area contributed by atoms with Crippen molar-refractivity contribution in [3.63, 3.8) is 0 Å². The Morgan fingerprint density at radius 3 is 2.90 bits per heavy atom. The summed E-state index contributed by atoms with van der Waals surface area (Å²) < 4.78 is 0. The SMILES string of the molecule is NCC(=O)N1CC=CCC1. The number of hydrogen-bond acceptors (Lipinski definition) is 2. The zero-order valence-electron chi connectivity index (χ0n) is 5.92. The van der Waals surface area contributed by atoms with Crippen molar-refractivity contribution in [2.45, 2.75) is 6.42 Å². The number of carbonyl (C=O) groups excluding carboxylic acids is 1. The third kappa shape index (κ3) is 1.57. The van der Waals surface area contributed by atoms with Crippen molar-refractivity contribution in [1.82, 2.24) is 4.90 Å². The van der Waals surface area contributed by atoms with Crippen molar-refractivity contribution in [1.29, 1.82) is 0 Å². The van der Waals surface area contributed by atoms with E-state index in [1.807, 2.05) is 6.08 Å². The van der Waals surface area contributed by atoms with Gasteiger partial charge in [-0.05, 0) is 6.42 Å². The number of hydrogen-bond donors (Lipinski definition) is 1. The van der Waals surface area contributed by atoms with Crippen LogP contribution in [0.3, 0.4) is 0 Å². The molecule has 0 aromatic rings. The average Bonchev–Trinajstić information content (AvgIpc) is 2.05. The summed E-state index contributed by atoms with van der Waals surface area (Å²) in [7, 11) is 0. The van der Waals surface area contributed by atoms with E-state index in [9.17, 15) is 4.79 Å². The van der Waals surface area contributed by atoms with Crippen LogP contribution in [0.1, 0.15) is 6.42 Å². The third-order valence-corrected chi connectivity index (χ3v) is 1.59. The second-order valence-electron chi connectivity index (χ2n) is 2.30. The Kier molecular flexibility index (Phi) is 2.45. The Hall–Kier alpha value is -0.830. The van der Waals surface area contributed by atoms with Gasteiger partial charge in [-0.1, -0.05) is 12.2 Å². The van der Waals surface area contributed by atoms with Crippen molar-refractivity contribution in [3.8, 4) is 0 Å². The van der Waals surface area contributed by atoms with E-state index >= 15 is 0 Å². The van der Waals surface area contributed by atoms with Crippen molar-refractivity contribution in [3.05, 3.63) is 12.2 Å². The molecule has 0 aromatic carbocycles. The summed E-state index contributed by atoms with van der Waals surface area (Å²) in [6.45, 7) is 1.69. The highest BCUT2D eigenvalue weighted by molar-refractivity contribution is 5.78. The van der Waals surface area contributed by atoms with Crippen LogP contribution < -0.4 is 5.73 Å². The molecule has 0 radical (unpaired) electrons. The Bertz CT molecular complexity index is 154. The average molecular weight is 140 g/mol. The fourth-order valence-electron chi connectivity index (χ4n) is 0.997. The first-order valence-electron chi connectivity index (χ1n) is 3.47. The molecule has 0 atom stereocenters. The standard InChI is InChI=1S/C7H12N2O/c8-6-7(10)9-4-2-1-3-5-9/h1-2H,3-6,8H2. The van der Waals surface area contributed by atoms with Gasteiger partial charge in [0.05, 0.1) is 6.54 Å². The minimum atomic E-state index is 0.0457. The van der Waals surface area contributed by atoms with Gasteiger partial charge < -0.3 is 10.6 Å². The molecule has 2 N–H and O–H groups in total. The van der Waals surface area contributed by atoms with E-state index in [1.54, 1.807) is 4.90 Å². The molecule has 3 nitrogen and oxygen atoms in total. The molecule has 1 aliphatic heterocycles. The maximum Gasteiger partial charge on any atom is 0.236 e. The van der Waals surface area contributed by atoms with Gasteiger partial charge in [0.15, 0.2) is 0 Å². The van der Waals surface area contributed by atoms with Crippen LogP contribution in [-0.4, -0.2) is 30.4 Å². The molecule has 0 saturated heterocycles. The van der Waals surface area contributed by atoms with E-state index in [-0.39, 0.29) is 12.5 Å². The molecule has 1 heterocycles. The van der Waals surface area contributed by atoms with E-state index < -0.39 is 0 Å². The van der Waals surface area contributed by atoms with Crippen LogP contribution in [0.2, 0.25) is 0 Å². The summed E-state index contributed by atoms with van der Waals surface area (Å²) in [6.07, 6.45) is 5.04. The molecule has 3 heteroatoms. The fourth-order valence-corrected chi connectivity index (χ4v) is 0.997. The van der Waals surface area contributed by atoms with Crippen molar-refractivity contribution in [2.75, 3.05) is 19.6 Å². The number of nitrogens with two attached hydrogens (primary N) is 1. The molecular formula is C7H12N2O. The van der Waals surface area contributed by atoms with Gasteiger partial charge in [0.1, 0.15) is 0 Å². The highest BCUT2D eigenvalue weighted by atomic mass is 16.2. The third-order valence-electron chi connectivity index (χ3n) is 1.59. The molecule has 0 bridgehead atoms. The van der Waals surface area contributed by atoms with E-state index in [0.717, 1.165) is 19.5 Å². The monoisotopic (exact) mass is 140 g/mol. The Labute approximate surface area is 60.5 Å². The largest absolute Gasteiger partial charge is 0.338 e. The molecule has 0 fully saturated rings. The van der Waals surface area contributed by atoms with Crippen LogP contribution in [0.4, 0.5) is 0 Å². The summed E-state index contributed by atoms with van der Waals surface area (Å²) >= 11 is 0. The highest BCUT2D eigenvalue weighted by Gasteiger charge is 2.10. The molecule has 1 rings (SSSR count). The van der Waals surface area contributed by atoms with Gasteiger partial charge in [-0.25, -0.2) is 0 Å². The van der Waals surface area contributed by atoms with Gasteiger partial charge in [0.2, 0.25) is 5.91 Å². The smallest absolute Gasteiger partial charge is 0.236 e. The topological polar surface area (TPSA) is 46.3 Å². The lowest BCUT2D eigenvalue weighted by atomic mass is 10.2. The molecule has 0 unspecified atom stereocenters. The lowest BCUT2D eigenvalue weighted by Gasteiger charge is -2.22. The molecule has 1 aliphatic rings. The first kappa shape index (κ1) is 7.28. The van der Waals surface area contributed by atoms with E-state index in [4.69, 9.17) is 5.73 Å². The first-order chi connectivity index (χ1) is 4.84. The Morgan fingerprint density at radius 1 is 1.60 bits per heavy atom. The Balaban J connectivity index is 2.41. The van der Waals surface area contributed by atoms with Crippen molar-refractivity contribution in [2.24, 2.45) is 5.73 Å². The molecule has 0 spiro atoms. The van der Waals surface area contributed by atoms with Crippen LogP contribution in [0.25, 0.3) is 0 Å². The number of nitrogens with zero attached hydrogens (tertiary/aromatic N) is 1. The molecular weight excluding hydrogens is 128 g/mol. The fraction of sp³-hybridized carbons (Fsp3) is 0.571. The summed E-state index contributed by atoms with van der Waals surface area (Å²) in [6, 6.07) is 0. The van der Waals surface area contributed by atoms with Crippen LogP contribution in [0.5, 0.6) is 0 Å². The van der Waals surface area contributed by atoms with Gasteiger partial charge in [-0.3, -0.25) is 4.79 Å². The van der Waals surface area contributed by atoms with Gasteiger partial charge in [0.25, 0.3) is 0 Å². The van der Waals surface area contributed by atoms with E-state index in [0.29, 0.717) is 0 Å². The minimum absolute atomic E-state index is 0.0457. The predicted octanol–water partition coefficient (Wildman–Crippen LogP) is -0.266. The molecule has 56 valence electrons. The summed E-state index contributed by atoms with van der Waals surface area (Å²) in [4.78, 5) is 12.7. The maximum absolute atomic E-state index is 10.9. The van der Waals surface area contributed by atoms with Gasteiger partial charge in [0, 0.05) is 13.1 Å². The van der Waals surface area contributed by atoms with Crippen molar-refractivity contribution >= 4 is 5.91 Å². The summed E-state index contributed by atoms with van der Waals surface area (Å²) in [5, 5.41) is 0. The zero-order valence-corrected chi connectivity index (χ0v) is 5.92. The lowest BCUT2D eigenvalue weighted by Crippen LogP contribution is -2.37. The highest BCUT2D eigenvalue weighted by Crippen LogP contribution is 1.99. The molecule has 0 aliphatic carbocycles. The first-order valence-corrected chi connectivity index (χ1v) is 3.47. The lowest BCUT2D eigenvalue weighted by molar-refractivity contribution is -0.129. The van der Waals surface area contributed by atoms with Crippen LogP contribution in [0, 0.1) is 0 Å². The number of carbonyl (C=O) groups is 1. The predicted molar refractivity (Wildman–Crippen MR) is 39.4 cm³/mol.